The van der Waals surface area contributed by atoms with Crippen molar-refractivity contribution in [3.63, 3.8) is 0 Å². The summed E-state index contributed by atoms with van der Waals surface area (Å²) in [6.45, 7) is 7.39. The second kappa shape index (κ2) is 5.59. The van der Waals surface area contributed by atoms with Crippen LogP contribution in [-0.2, 0) is 16.8 Å². The third-order valence-corrected chi connectivity index (χ3v) is 4.45. The normalized spacial score (nSPS) is 20.8. The molecule has 0 amide bonds. The van der Waals surface area contributed by atoms with Gasteiger partial charge in [0.15, 0.2) is 0 Å². The lowest BCUT2D eigenvalue weighted by molar-refractivity contribution is -0.0403. The molecule has 0 radical (unpaired) electrons. The molecule has 0 aliphatic heterocycles. The number of rotatable bonds is 7. The van der Waals surface area contributed by atoms with Gasteiger partial charge in [-0.25, -0.2) is 0 Å². The van der Waals surface area contributed by atoms with Crippen molar-refractivity contribution in [2.45, 2.75) is 58.5 Å². The SMILES string of the molecule is CCOC(C)(CC)c1noc(CC2(CN)CCC2)n1. The molecule has 1 fully saturated rings. The lowest BCUT2D eigenvalue weighted by Crippen LogP contribution is -2.39. The van der Waals surface area contributed by atoms with Crippen LogP contribution in [0, 0.1) is 5.41 Å². The van der Waals surface area contributed by atoms with Gasteiger partial charge in [-0.05, 0) is 45.1 Å². The van der Waals surface area contributed by atoms with Crippen LogP contribution in [0.3, 0.4) is 0 Å². The van der Waals surface area contributed by atoms with E-state index in [2.05, 4.69) is 17.1 Å². The van der Waals surface area contributed by atoms with E-state index in [-0.39, 0.29) is 5.41 Å². The van der Waals surface area contributed by atoms with Gasteiger partial charge >= 0.3 is 0 Å². The molecule has 1 unspecified atom stereocenters. The van der Waals surface area contributed by atoms with Crippen molar-refractivity contribution >= 4 is 0 Å². The molecule has 1 aliphatic carbocycles. The summed E-state index contributed by atoms with van der Waals surface area (Å²) >= 11 is 0. The Bertz CT molecular complexity index is 409. The third kappa shape index (κ3) is 2.82. The number of ether oxygens (including phenoxy) is 1. The molecule has 1 heterocycles. The largest absolute Gasteiger partial charge is 0.367 e. The highest BCUT2D eigenvalue weighted by Crippen LogP contribution is 2.42. The Balaban J connectivity index is 2.10. The smallest absolute Gasteiger partial charge is 0.227 e. The van der Waals surface area contributed by atoms with Crippen LogP contribution in [0.1, 0.15) is 58.2 Å². The molecular weight excluding hydrogens is 242 g/mol. The molecule has 1 aromatic rings. The second-order valence-electron chi connectivity index (χ2n) is 5.76. The number of nitrogens with two attached hydrogens (primary N) is 1. The van der Waals surface area contributed by atoms with Crippen molar-refractivity contribution in [3.05, 3.63) is 11.7 Å². The highest BCUT2D eigenvalue weighted by Gasteiger charge is 2.38. The fraction of sp³-hybridized carbons (Fsp3) is 0.857. The first-order valence-corrected chi connectivity index (χ1v) is 7.24. The van der Waals surface area contributed by atoms with Crippen LogP contribution < -0.4 is 5.73 Å². The molecule has 108 valence electrons. The Kier molecular flexibility index (Phi) is 4.26. The van der Waals surface area contributed by atoms with Gasteiger partial charge in [-0.2, -0.15) is 4.98 Å². The lowest BCUT2D eigenvalue weighted by Gasteiger charge is -2.39. The molecular formula is C14H25N3O2. The van der Waals surface area contributed by atoms with Gasteiger partial charge in [0.1, 0.15) is 5.60 Å². The van der Waals surface area contributed by atoms with E-state index in [1.54, 1.807) is 0 Å². The van der Waals surface area contributed by atoms with Crippen molar-refractivity contribution < 1.29 is 9.26 Å². The summed E-state index contributed by atoms with van der Waals surface area (Å²) in [7, 11) is 0. The first kappa shape index (κ1) is 14.5. The average molecular weight is 267 g/mol. The molecule has 1 aliphatic rings. The van der Waals surface area contributed by atoms with Gasteiger partial charge in [0.05, 0.1) is 0 Å². The topological polar surface area (TPSA) is 74.2 Å². The molecule has 1 atom stereocenters. The van der Waals surface area contributed by atoms with Crippen LogP contribution in [0.4, 0.5) is 0 Å². The Morgan fingerprint density at radius 2 is 2.16 bits per heavy atom. The highest BCUT2D eigenvalue weighted by atomic mass is 16.5. The van der Waals surface area contributed by atoms with E-state index >= 15 is 0 Å². The minimum atomic E-state index is -0.452. The van der Waals surface area contributed by atoms with Gasteiger partial charge in [0, 0.05) is 13.0 Å². The van der Waals surface area contributed by atoms with Crippen molar-refractivity contribution in [1.82, 2.24) is 10.1 Å². The molecule has 2 rings (SSSR count). The molecule has 19 heavy (non-hydrogen) atoms. The Labute approximate surface area is 114 Å². The van der Waals surface area contributed by atoms with Gasteiger partial charge in [-0.1, -0.05) is 18.5 Å². The number of nitrogens with zero attached hydrogens (tertiary/aromatic N) is 2. The van der Waals surface area contributed by atoms with E-state index in [0.717, 1.165) is 25.7 Å². The quantitative estimate of drug-likeness (QED) is 0.821. The van der Waals surface area contributed by atoms with Crippen LogP contribution in [0.5, 0.6) is 0 Å². The van der Waals surface area contributed by atoms with Crippen molar-refractivity contribution in [2.24, 2.45) is 11.1 Å². The average Bonchev–Trinajstić information content (AvgIpc) is 2.83. The summed E-state index contributed by atoms with van der Waals surface area (Å²) in [6, 6.07) is 0. The molecule has 0 bridgehead atoms. The summed E-state index contributed by atoms with van der Waals surface area (Å²) in [4.78, 5) is 4.53. The summed E-state index contributed by atoms with van der Waals surface area (Å²) in [6.07, 6.45) is 5.20. The van der Waals surface area contributed by atoms with E-state index in [4.69, 9.17) is 15.0 Å². The van der Waals surface area contributed by atoms with Crippen molar-refractivity contribution in [1.29, 1.82) is 0 Å². The zero-order chi connectivity index (χ0) is 13.9. The maximum atomic E-state index is 5.87. The minimum Gasteiger partial charge on any atom is -0.367 e. The van der Waals surface area contributed by atoms with Crippen molar-refractivity contribution in [2.75, 3.05) is 13.2 Å². The van der Waals surface area contributed by atoms with Crippen LogP contribution in [0.15, 0.2) is 4.52 Å². The fourth-order valence-electron chi connectivity index (χ4n) is 2.64. The van der Waals surface area contributed by atoms with Crippen LogP contribution in [0.25, 0.3) is 0 Å². The van der Waals surface area contributed by atoms with E-state index in [9.17, 15) is 0 Å². The van der Waals surface area contributed by atoms with Crippen molar-refractivity contribution in [3.8, 4) is 0 Å². The predicted molar refractivity (Wildman–Crippen MR) is 72.6 cm³/mol. The first-order chi connectivity index (χ1) is 9.07. The first-order valence-electron chi connectivity index (χ1n) is 7.24. The highest BCUT2D eigenvalue weighted by molar-refractivity contribution is 5.02. The standard InChI is InChI=1S/C14H25N3O2/c1-4-13(3,18-5-2)12-16-11(19-17-12)9-14(10-15)7-6-8-14/h4-10,15H2,1-3H3. The monoisotopic (exact) mass is 267 g/mol. The van der Waals surface area contributed by atoms with Gasteiger partial charge in [-0.3, -0.25) is 0 Å². The minimum absolute atomic E-state index is 0.192. The summed E-state index contributed by atoms with van der Waals surface area (Å²) < 4.78 is 11.2. The van der Waals surface area contributed by atoms with Gasteiger partial charge in [0.25, 0.3) is 0 Å². The van der Waals surface area contributed by atoms with Crippen LogP contribution in [0.2, 0.25) is 0 Å². The van der Waals surface area contributed by atoms with Gasteiger partial charge in [0.2, 0.25) is 11.7 Å². The Hall–Kier alpha value is -0.940. The third-order valence-electron chi connectivity index (χ3n) is 4.45. The van der Waals surface area contributed by atoms with E-state index in [1.165, 1.54) is 6.42 Å². The van der Waals surface area contributed by atoms with Crippen LogP contribution >= 0.6 is 0 Å². The molecule has 0 spiro atoms. The number of hydrogen-bond acceptors (Lipinski definition) is 5. The molecule has 1 saturated carbocycles. The fourth-order valence-corrected chi connectivity index (χ4v) is 2.64. The van der Waals surface area contributed by atoms with E-state index < -0.39 is 5.60 Å². The second-order valence-corrected chi connectivity index (χ2v) is 5.76. The summed E-state index contributed by atoms with van der Waals surface area (Å²) in [5, 5.41) is 4.10. The lowest BCUT2D eigenvalue weighted by atomic mass is 9.67. The Morgan fingerprint density at radius 3 is 2.63 bits per heavy atom. The summed E-state index contributed by atoms with van der Waals surface area (Å²) in [5.74, 6) is 1.35. The molecule has 2 N–H and O–H groups in total. The zero-order valence-corrected chi connectivity index (χ0v) is 12.2. The molecule has 1 aromatic heterocycles. The van der Waals surface area contributed by atoms with E-state index in [1.807, 2.05) is 13.8 Å². The number of hydrogen-bond donors (Lipinski definition) is 1. The molecule has 5 heteroatoms. The number of aromatic nitrogens is 2. The van der Waals surface area contributed by atoms with Crippen LogP contribution in [-0.4, -0.2) is 23.3 Å². The zero-order valence-electron chi connectivity index (χ0n) is 12.2. The maximum absolute atomic E-state index is 5.87. The molecule has 0 aromatic carbocycles. The molecule has 5 nitrogen and oxygen atoms in total. The van der Waals surface area contributed by atoms with Gasteiger partial charge < -0.3 is 15.0 Å². The predicted octanol–water partition coefficient (Wildman–Crippen LogP) is 2.40. The maximum Gasteiger partial charge on any atom is 0.227 e. The summed E-state index contributed by atoms with van der Waals surface area (Å²) in [5.41, 5.74) is 5.61. The van der Waals surface area contributed by atoms with Gasteiger partial charge in [-0.15, -0.1) is 0 Å². The Morgan fingerprint density at radius 1 is 1.42 bits per heavy atom. The molecule has 0 saturated heterocycles. The van der Waals surface area contributed by atoms with E-state index in [0.29, 0.717) is 24.9 Å².